The number of fused-ring (bicyclic) bond motifs is 1. The van der Waals surface area contributed by atoms with Crippen molar-refractivity contribution in [3.05, 3.63) is 17.7 Å². The summed E-state index contributed by atoms with van der Waals surface area (Å²) in [5.74, 6) is 0.558. The average Bonchev–Trinajstić information content (AvgIpc) is 2.17. The molecule has 0 saturated carbocycles. The molecule has 1 aliphatic rings. The van der Waals surface area contributed by atoms with Gasteiger partial charge in [0.2, 0.25) is 0 Å². The molecule has 0 bridgehead atoms. The summed E-state index contributed by atoms with van der Waals surface area (Å²) in [5, 5.41) is 0. The average molecular weight is 206 g/mol. The zero-order valence-electron chi connectivity index (χ0n) is 9.07. The Morgan fingerprint density at radius 2 is 2.13 bits per heavy atom. The van der Waals surface area contributed by atoms with E-state index in [9.17, 15) is 4.79 Å². The monoisotopic (exact) mass is 206 g/mol. The molecule has 80 valence electrons. The van der Waals surface area contributed by atoms with Crippen LogP contribution in [-0.2, 0) is 4.79 Å². The van der Waals surface area contributed by atoms with E-state index in [1.165, 1.54) is 0 Å². The standard InChI is InChI=1S/C11H14N2O2/c1-6-4-8(12)10-9(5-6)13(3)11(14)7(2)15-10/h4-5,7H,12H2,1-3H3. The highest BCUT2D eigenvalue weighted by atomic mass is 16.5. The van der Waals surface area contributed by atoms with Gasteiger partial charge in [0, 0.05) is 7.05 Å². The van der Waals surface area contributed by atoms with Crippen molar-refractivity contribution in [2.45, 2.75) is 20.0 Å². The van der Waals surface area contributed by atoms with Gasteiger partial charge in [-0.1, -0.05) is 0 Å². The number of nitrogen functional groups attached to an aromatic ring is 1. The second kappa shape index (κ2) is 3.15. The Morgan fingerprint density at radius 1 is 1.47 bits per heavy atom. The molecule has 0 spiro atoms. The van der Waals surface area contributed by atoms with Gasteiger partial charge in [-0.3, -0.25) is 4.79 Å². The van der Waals surface area contributed by atoms with Gasteiger partial charge < -0.3 is 15.4 Å². The van der Waals surface area contributed by atoms with Crippen LogP contribution in [0.3, 0.4) is 0 Å². The third-order valence-corrected chi connectivity index (χ3v) is 2.58. The molecule has 15 heavy (non-hydrogen) atoms. The molecular weight excluding hydrogens is 192 g/mol. The third kappa shape index (κ3) is 1.42. The fraction of sp³-hybridized carbons (Fsp3) is 0.364. The highest BCUT2D eigenvalue weighted by molar-refractivity contribution is 6.00. The molecule has 1 heterocycles. The van der Waals surface area contributed by atoms with E-state index in [-0.39, 0.29) is 5.91 Å². The molecule has 4 nitrogen and oxygen atoms in total. The number of rotatable bonds is 0. The molecular formula is C11H14N2O2. The molecule has 0 fully saturated rings. The van der Waals surface area contributed by atoms with E-state index in [0.717, 1.165) is 11.3 Å². The highest BCUT2D eigenvalue weighted by Gasteiger charge is 2.30. The molecule has 1 atom stereocenters. The van der Waals surface area contributed by atoms with Crippen LogP contribution in [-0.4, -0.2) is 19.1 Å². The number of carbonyl (C=O) groups is 1. The Bertz CT molecular complexity index is 429. The first-order valence-corrected chi connectivity index (χ1v) is 4.85. The van der Waals surface area contributed by atoms with Gasteiger partial charge in [0.1, 0.15) is 0 Å². The number of ether oxygens (including phenoxy) is 1. The molecule has 1 aliphatic heterocycles. The Kier molecular flexibility index (Phi) is 2.07. The van der Waals surface area contributed by atoms with Gasteiger partial charge in [-0.2, -0.15) is 0 Å². The van der Waals surface area contributed by atoms with Crippen molar-refractivity contribution in [1.29, 1.82) is 0 Å². The third-order valence-electron chi connectivity index (χ3n) is 2.58. The summed E-state index contributed by atoms with van der Waals surface area (Å²) < 4.78 is 5.48. The second-order valence-electron chi connectivity index (χ2n) is 3.86. The Labute approximate surface area is 88.6 Å². The first-order chi connectivity index (χ1) is 7.00. The van der Waals surface area contributed by atoms with E-state index >= 15 is 0 Å². The lowest BCUT2D eigenvalue weighted by Gasteiger charge is -2.31. The number of anilines is 2. The van der Waals surface area contributed by atoms with Crippen molar-refractivity contribution < 1.29 is 9.53 Å². The summed E-state index contributed by atoms with van der Waals surface area (Å²) in [7, 11) is 1.74. The molecule has 0 saturated heterocycles. The number of aryl methyl sites for hydroxylation is 1. The van der Waals surface area contributed by atoms with Crippen molar-refractivity contribution in [1.82, 2.24) is 0 Å². The lowest BCUT2D eigenvalue weighted by atomic mass is 10.1. The normalized spacial score (nSPS) is 19.8. The molecule has 1 unspecified atom stereocenters. The van der Waals surface area contributed by atoms with Crippen LogP contribution < -0.4 is 15.4 Å². The summed E-state index contributed by atoms with van der Waals surface area (Å²) in [6, 6.07) is 3.74. The molecule has 0 aromatic heterocycles. The topological polar surface area (TPSA) is 55.6 Å². The molecule has 2 rings (SSSR count). The number of amides is 1. The van der Waals surface area contributed by atoms with E-state index in [1.807, 2.05) is 19.1 Å². The molecule has 4 heteroatoms. The minimum absolute atomic E-state index is 0.0486. The molecule has 1 aromatic carbocycles. The number of nitrogens with two attached hydrogens (primary N) is 1. The number of nitrogens with zero attached hydrogens (tertiary/aromatic N) is 1. The predicted molar refractivity (Wildman–Crippen MR) is 59.1 cm³/mol. The molecule has 0 aliphatic carbocycles. The molecule has 0 radical (unpaired) electrons. The van der Waals surface area contributed by atoms with Crippen LogP contribution in [0.15, 0.2) is 12.1 Å². The SMILES string of the molecule is Cc1cc(N)c2c(c1)N(C)C(=O)C(C)O2. The summed E-state index contributed by atoms with van der Waals surface area (Å²) in [5.41, 5.74) is 8.19. The van der Waals surface area contributed by atoms with Crippen molar-refractivity contribution in [3.8, 4) is 5.75 Å². The van der Waals surface area contributed by atoms with Crippen LogP contribution in [0, 0.1) is 6.92 Å². The van der Waals surface area contributed by atoms with E-state index in [4.69, 9.17) is 10.5 Å². The van der Waals surface area contributed by atoms with E-state index < -0.39 is 6.10 Å². The van der Waals surface area contributed by atoms with Crippen molar-refractivity contribution in [2.75, 3.05) is 17.7 Å². The number of carbonyl (C=O) groups excluding carboxylic acids is 1. The van der Waals surface area contributed by atoms with Crippen molar-refractivity contribution in [3.63, 3.8) is 0 Å². The highest BCUT2D eigenvalue weighted by Crippen LogP contribution is 2.38. The maximum absolute atomic E-state index is 11.7. The largest absolute Gasteiger partial charge is 0.477 e. The van der Waals surface area contributed by atoms with Gasteiger partial charge in [-0.25, -0.2) is 0 Å². The minimum Gasteiger partial charge on any atom is -0.477 e. The quantitative estimate of drug-likeness (QED) is 0.651. The van der Waals surface area contributed by atoms with E-state index in [1.54, 1.807) is 18.9 Å². The summed E-state index contributed by atoms with van der Waals surface area (Å²) in [6.07, 6.45) is -0.465. The molecule has 2 N–H and O–H groups in total. The fourth-order valence-corrected chi connectivity index (χ4v) is 1.78. The zero-order chi connectivity index (χ0) is 11.2. The van der Waals surface area contributed by atoms with Crippen LogP contribution >= 0.6 is 0 Å². The first kappa shape index (κ1) is 9.83. The number of hydrogen-bond donors (Lipinski definition) is 1. The maximum atomic E-state index is 11.7. The van der Waals surface area contributed by atoms with Gasteiger partial charge in [0.05, 0.1) is 11.4 Å². The molecule has 1 amide bonds. The number of hydrogen-bond acceptors (Lipinski definition) is 3. The Balaban J connectivity index is 2.60. The van der Waals surface area contributed by atoms with Crippen molar-refractivity contribution in [2.24, 2.45) is 0 Å². The van der Waals surface area contributed by atoms with Gasteiger partial charge in [-0.05, 0) is 31.5 Å². The van der Waals surface area contributed by atoms with Crippen LogP contribution in [0.5, 0.6) is 5.75 Å². The second-order valence-corrected chi connectivity index (χ2v) is 3.86. The van der Waals surface area contributed by atoms with E-state index in [2.05, 4.69) is 0 Å². The van der Waals surface area contributed by atoms with Gasteiger partial charge >= 0.3 is 0 Å². The van der Waals surface area contributed by atoms with E-state index in [0.29, 0.717) is 11.4 Å². The minimum atomic E-state index is -0.465. The lowest BCUT2D eigenvalue weighted by Crippen LogP contribution is -2.42. The molecule has 1 aromatic rings. The first-order valence-electron chi connectivity index (χ1n) is 4.85. The van der Waals surface area contributed by atoms with Crippen LogP contribution in [0.2, 0.25) is 0 Å². The summed E-state index contributed by atoms with van der Waals surface area (Å²) in [6.45, 7) is 3.66. The lowest BCUT2D eigenvalue weighted by molar-refractivity contribution is -0.125. The maximum Gasteiger partial charge on any atom is 0.267 e. The van der Waals surface area contributed by atoms with Gasteiger partial charge in [0.25, 0.3) is 5.91 Å². The predicted octanol–water partition coefficient (Wildman–Crippen LogP) is 1.32. The number of benzene rings is 1. The Hall–Kier alpha value is -1.71. The smallest absolute Gasteiger partial charge is 0.267 e. The summed E-state index contributed by atoms with van der Waals surface area (Å²) in [4.78, 5) is 13.3. The van der Waals surface area contributed by atoms with Gasteiger partial charge in [0.15, 0.2) is 11.9 Å². The van der Waals surface area contributed by atoms with Crippen LogP contribution in [0.25, 0.3) is 0 Å². The zero-order valence-corrected chi connectivity index (χ0v) is 9.07. The summed E-state index contributed by atoms with van der Waals surface area (Å²) >= 11 is 0. The van der Waals surface area contributed by atoms with Crippen molar-refractivity contribution >= 4 is 17.3 Å². The fourth-order valence-electron chi connectivity index (χ4n) is 1.78. The van der Waals surface area contributed by atoms with Gasteiger partial charge in [-0.15, -0.1) is 0 Å². The number of likely N-dealkylation sites (N-methyl/N-ethyl adjacent to an activating group) is 1. The Morgan fingerprint density at radius 3 is 2.80 bits per heavy atom. The van der Waals surface area contributed by atoms with Crippen LogP contribution in [0.1, 0.15) is 12.5 Å². The van der Waals surface area contributed by atoms with Crippen LogP contribution in [0.4, 0.5) is 11.4 Å².